The second kappa shape index (κ2) is 12.9. The molecule has 4 aromatic rings. The molecular weight excluding hydrogens is 562 g/mol. The van der Waals surface area contributed by atoms with E-state index in [1.54, 1.807) is 0 Å². The summed E-state index contributed by atoms with van der Waals surface area (Å²) in [5, 5.41) is 9.13. The third kappa shape index (κ3) is 6.23. The van der Waals surface area contributed by atoms with Crippen molar-refractivity contribution in [1.82, 2.24) is 24.8 Å². The van der Waals surface area contributed by atoms with E-state index in [4.69, 9.17) is 4.74 Å². The van der Waals surface area contributed by atoms with Crippen molar-refractivity contribution in [3.8, 4) is 0 Å². The Balaban J connectivity index is 1.24. The van der Waals surface area contributed by atoms with Gasteiger partial charge in [-0.25, -0.2) is 9.48 Å². The van der Waals surface area contributed by atoms with Crippen LogP contribution in [0.1, 0.15) is 71.4 Å². The molecule has 0 spiro atoms. The van der Waals surface area contributed by atoms with Crippen LogP contribution in [-0.2, 0) is 35.6 Å². The first-order valence-electron chi connectivity index (χ1n) is 16.4. The van der Waals surface area contributed by atoms with Crippen molar-refractivity contribution in [1.29, 1.82) is 0 Å². The lowest BCUT2D eigenvalue weighted by atomic mass is 9.83. The van der Waals surface area contributed by atoms with E-state index >= 15 is 0 Å². The van der Waals surface area contributed by atoms with Gasteiger partial charge in [-0.2, -0.15) is 0 Å². The fourth-order valence-electron chi connectivity index (χ4n) is 7.18. The molecule has 45 heavy (non-hydrogen) atoms. The van der Waals surface area contributed by atoms with E-state index in [1.165, 1.54) is 5.56 Å². The van der Waals surface area contributed by atoms with Crippen molar-refractivity contribution in [3.63, 3.8) is 0 Å². The fourth-order valence-corrected chi connectivity index (χ4v) is 7.18. The minimum Gasteiger partial charge on any atom is -0.461 e. The number of aryl methyl sites for hydroxylation is 2. The number of amides is 2. The van der Waals surface area contributed by atoms with E-state index in [2.05, 4.69) is 59.7 Å². The number of esters is 1. The molecule has 1 aromatic heterocycles. The molecule has 1 atom stereocenters. The van der Waals surface area contributed by atoms with Gasteiger partial charge in [0.25, 0.3) is 0 Å². The summed E-state index contributed by atoms with van der Waals surface area (Å²) in [6, 6.07) is 20.7. The Morgan fingerprint density at radius 3 is 2.64 bits per heavy atom. The van der Waals surface area contributed by atoms with Crippen LogP contribution in [0, 0.1) is 12.8 Å². The number of piperidine rings is 1. The summed E-state index contributed by atoms with van der Waals surface area (Å²) >= 11 is 0. The van der Waals surface area contributed by atoms with E-state index in [0.29, 0.717) is 12.5 Å². The summed E-state index contributed by atoms with van der Waals surface area (Å²) in [6.07, 6.45) is 9.66. The standard InChI is InChI=1S/C37H41N5O3/c1-26-32-13-14-34-36(26)38-39-42(34)18-7-3-6-8-27-15-19-40(20-16-27)37(44)41-21-17-29-11-12-30(22-31(29)24-41)33(32)23-35(43)45-25-28-9-4-2-5-10-28/h2,4-6,8-14,22,27,33H,3,7,15-21,23-25H2,1H3/b8-6-. The van der Waals surface area contributed by atoms with Gasteiger partial charge in [0.1, 0.15) is 12.1 Å². The first kappa shape index (κ1) is 29.3. The van der Waals surface area contributed by atoms with Crippen LogP contribution in [0.4, 0.5) is 4.79 Å². The van der Waals surface area contributed by atoms with E-state index < -0.39 is 0 Å². The summed E-state index contributed by atoms with van der Waals surface area (Å²) in [4.78, 5) is 31.0. The average Bonchev–Trinajstić information content (AvgIpc) is 3.50. The minimum atomic E-state index is -0.247. The van der Waals surface area contributed by atoms with Gasteiger partial charge in [-0.1, -0.05) is 72.0 Å². The Morgan fingerprint density at radius 2 is 1.80 bits per heavy atom. The van der Waals surface area contributed by atoms with Gasteiger partial charge in [0.2, 0.25) is 0 Å². The second-order valence-electron chi connectivity index (χ2n) is 12.7. The van der Waals surface area contributed by atoms with Gasteiger partial charge < -0.3 is 14.5 Å². The highest BCUT2D eigenvalue weighted by atomic mass is 16.5. The lowest BCUT2D eigenvalue weighted by Crippen LogP contribution is -2.48. The second-order valence-corrected chi connectivity index (χ2v) is 12.7. The number of carbonyl (C=O) groups excluding carboxylic acids is 2. The largest absolute Gasteiger partial charge is 0.461 e. The predicted octanol–water partition coefficient (Wildman–Crippen LogP) is 6.55. The summed E-state index contributed by atoms with van der Waals surface area (Å²) in [5.74, 6) is 0.0540. The monoisotopic (exact) mass is 603 g/mol. The van der Waals surface area contributed by atoms with Crippen molar-refractivity contribution < 1.29 is 14.3 Å². The van der Waals surface area contributed by atoms with Crippen LogP contribution in [0.25, 0.3) is 11.0 Å². The van der Waals surface area contributed by atoms with Crippen molar-refractivity contribution in [3.05, 3.63) is 106 Å². The Morgan fingerprint density at radius 1 is 0.956 bits per heavy atom. The SMILES string of the molecule is Cc1c2ccc3c1nnn3CCC/C=C\C1CCN(CC1)C(=O)N1CCc3ccc(cc3C1)C2CC(=O)OCc1ccccc1. The zero-order valence-electron chi connectivity index (χ0n) is 26.0. The molecule has 8 heteroatoms. The quantitative estimate of drug-likeness (QED) is 0.195. The first-order chi connectivity index (χ1) is 22.0. The maximum absolute atomic E-state index is 13.6. The number of ether oxygens (including phenoxy) is 1. The lowest BCUT2D eigenvalue weighted by Gasteiger charge is -2.37. The number of nitrogens with zero attached hydrogens (tertiary/aromatic N) is 5. The number of hydrogen-bond acceptors (Lipinski definition) is 5. The molecule has 1 saturated heterocycles. The Labute approximate surface area is 264 Å². The average molecular weight is 604 g/mol. The summed E-state index contributed by atoms with van der Waals surface area (Å²) in [7, 11) is 0. The molecule has 1 fully saturated rings. The molecule has 0 aliphatic carbocycles. The summed E-state index contributed by atoms with van der Waals surface area (Å²) in [5.41, 5.74) is 8.41. The molecule has 0 N–H and O–H groups in total. The maximum Gasteiger partial charge on any atom is 0.320 e. The third-order valence-corrected chi connectivity index (χ3v) is 9.85. The molecule has 8 nitrogen and oxygen atoms in total. The normalized spacial score (nSPS) is 21.0. The number of urea groups is 1. The van der Waals surface area contributed by atoms with Gasteiger partial charge in [-0.05, 0) is 84.4 Å². The Hall–Kier alpha value is -4.46. The van der Waals surface area contributed by atoms with E-state index in [-0.39, 0.29) is 30.9 Å². The van der Waals surface area contributed by atoms with Gasteiger partial charge >= 0.3 is 12.0 Å². The number of carbonyl (C=O) groups is 2. The molecule has 2 amide bonds. The highest BCUT2D eigenvalue weighted by Crippen LogP contribution is 2.36. The highest BCUT2D eigenvalue weighted by Gasteiger charge is 2.30. The zero-order valence-corrected chi connectivity index (χ0v) is 26.0. The molecule has 0 saturated carbocycles. The molecule has 9 bridgehead atoms. The number of rotatable bonds is 4. The van der Waals surface area contributed by atoms with Crippen LogP contribution in [0.15, 0.2) is 72.8 Å². The van der Waals surface area contributed by atoms with Crippen LogP contribution in [0.2, 0.25) is 0 Å². The van der Waals surface area contributed by atoms with E-state index in [1.807, 2.05) is 44.8 Å². The predicted molar refractivity (Wildman–Crippen MR) is 174 cm³/mol. The lowest BCUT2D eigenvalue weighted by molar-refractivity contribution is -0.145. The van der Waals surface area contributed by atoms with Crippen LogP contribution < -0.4 is 0 Å². The molecular formula is C37H41N5O3. The third-order valence-electron chi connectivity index (χ3n) is 9.85. The molecule has 6 aliphatic heterocycles. The van der Waals surface area contributed by atoms with Crippen molar-refractivity contribution in [2.45, 2.75) is 71.1 Å². The highest BCUT2D eigenvalue weighted by molar-refractivity contribution is 5.81. The molecule has 7 heterocycles. The fraction of sp³-hybridized carbons (Fsp3) is 0.405. The van der Waals surface area contributed by atoms with Crippen molar-refractivity contribution >= 4 is 23.0 Å². The van der Waals surface area contributed by atoms with Gasteiger partial charge in [0.15, 0.2) is 0 Å². The van der Waals surface area contributed by atoms with Crippen LogP contribution in [-0.4, -0.2) is 56.4 Å². The minimum absolute atomic E-state index is 0.143. The first-order valence-corrected chi connectivity index (χ1v) is 16.4. The number of aromatic nitrogens is 3. The van der Waals surface area contributed by atoms with Gasteiger partial charge in [-0.15, -0.1) is 5.10 Å². The zero-order chi connectivity index (χ0) is 30.8. The number of hydrogen-bond donors (Lipinski definition) is 0. The van der Waals surface area contributed by atoms with Crippen molar-refractivity contribution in [2.75, 3.05) is 19.6 Å². The van der Waals surface area contributed by atoms with Gasteiger partial charge in [-0.3, -0.25) is 4.79 Å². The topological polar surface area (TPSA) is 80.6 Å². The molecule has 232 valence electrons. The van der Waals surface area contributed by atoms with Crippen LogP contribution in [0.3, 0.4) is 0 Å². The van der Waals surface area contributed by atoms with Crippen LogP contribution >= 0.6 is 0 Å². The molecule has 0 radical (unpaired) electrons. The van der Waals surface area contributed by atoms with Gasteiger partial charge in [0.05, 0.1) is 11.9 Å². The molecule has 1 unspecified atom stereocenters. The van der Waals surface area contributed by atoms with E-state index in [0.717, 1.165) is 97.1 Å². The summed E-state index contributed by atoms with van der Waals surface area (Å²) in [6.45, 7) is 6.03. The Bertz CT molecular complexity index is 1720. The maximum atomic E-state index is 13.6. The van der Waals surface area contributed by atoms with Crippen LogP contribution in [0.5, 0.6) is 0 Å². The van der Waals surface area contributed by atoms with Gasteiger partial charge in [0, 0.05) is 38.6 Å². The van der Waals surface area contributed by atoms with Crippen molar-refractivity contribution in [2.24, 2.45) is 5.92 Å². The number of benzene rings is 3. The van der Waals surface area contributed by atoms with E-state index in [9.17, 15) is 9.59 Å². The molecule has 10 rings (SSSR count). The molecule has 6 aliphatic rings. The summed E-state index contributed by atoms with van der Waals surface area (Å²) < 4.78 is 7.79. The smallest absolute Gasteiger partial charge is 0.320 e. The number of allylic oxidation sites excluding steroid dienone is 2. The molecule has 3 aromatic carbocycles. The Kier molecular flexibility index (Phi) is 8.37.